The summed E-state index contributed by atoms with van der Waals surface area (Å²) in [5, 5.41) is 3.27. The Labute approximate surface area is 153 Å². The fraction of sp³-hybridized carbons (Fsp3) is 0.333. The number of thioether (sulfide) groups is 1. The molecule has 5 nitrogen and oxygen atoms in total. The number of rotatable bonds is 6. The third kappa shape index (κ3) is 3.19. The van der Waals surface area contributed by atoms with Crippen LogP contribution >= 0.6 is 23.1 Å². The van der Waals surface area contributed by atoms with Crippen molar-refractivity contribution in [3.8, 4) is 11.3 Å². The number of nitrogens with zero attached hydrogens (tertiary/aromatic N) is 2. The molecule has 1 aliphatic heterocycles. The first-order valence-electron chi connectivity index (χ1n) is 8.19. The van der Waals surface area contributed by atoms with E-state index in [1.54, 1.807) is 28.7 Å². The van der Waals surface area contributed by atoms with E-state index in [1.807, 2.05) is 17.5 Å². The molecule has 7 heteroatoms. The minimum atomic E-state index is -0.0487. The fourth-order valence-electron chi connectivity index (χ4n) is 2.96. The molecular weight excluding hydrogens is 356 g/mol. The zero-order valence-electron chi connectivity index (χ0n) is 13.6. The van der Waals surface area contributed by atoms with E-state index in [2.05, 4.69) is 6.58 Å². The molecule has 3 aromatic heterocycles. The monoisotopic (exact) mass is 374 g/mol. The molecule has 3 aromatic rings. The summed E-state index contributed by atoms with van der Waals surface area (Å²) in [6, 6.07) is 3.68. The van der Waals surface area contributed by atoms with E-state index in [4.69, 9.17) is 14.1 Å². The van der Waals surface area contributed by atoms with Crippen LogP contribution in [0.15, 0.2) is 50.8 Å². The predicted octanol–water partition coefficient (Wildman–Crippen LogP) is 4.18. The minimum Gasteiger partial charge on any atom is -0.464 e. The molecule has 0 bridgehead atoms. The average molecular weight is 374 g/mol. The van der Waals surface area contributed by atoms with Gasteiger partial charge in [-0.2, -0.15) is 0 Å². The van der Waals surface area contributed by atoms with E-state index < -0.39 is 0 Å². The Morgan fingerprint density at radius 2 is 2.44 bits per heavy atom. The number of thiophene rings is 1. The van der Waals surface area contributed by atoms with Crippen LogP contribution in [0.2, 0.25) is 0 Å². The van der Waals surface area contributed by atoms with Crippen LogP contribution in [0.4, 0.5) is 0 Å². The van der Waals surface area contributed by atoms with E-state index in [0.29, 0.717) is 17.7 Å². The minimum absolute atomic E-state index is 0.0487. The molecule has 130 valence electrons. The van der Waals surface area contributed by atoms with E-state index in [-0.39, 0.29) is 11.7 Å². The first kappa shape index (κ1) is 16.6. The number of ether oxygens (including phenoxy) is 1. The van der Waals surface area contributed by atoms with Crippen molar-refractivity contribution in [1.29, 1.82) is 0 Å². The van der Waals surface area contributed by atoms with Gasteiger partial charge in [0.25, 0.3) is 5.56 Å². The van der Waals surface area contributed by atoms with Crippen LogP contribution in [0.25, 0.3) is 21.5 Å². The van der Waals surface area contributed by atoms with Gasteiger partial charge in [0.15, 0.2) is 5.16 Å². The highest BCUT2D eigenvalue weighted by atomic mass is 32.2. The highest BCUT2D eigenvalue weighted by molar-refractivity contribution is 7.99. The third-order valence-corrected chi connectivity index (χ3v) is 6.16. The second-order valence-electron chi connectivity index (χ2n) is 5.85. The molecule has 25 heavy (non-hydrogen) atoms. The van der Waals surface area contributed by atoms with Crippen molar-refractivity contribution >= 4 is 33.3 Å². The highest BCUT2D eigenvalue weighted by Crippen LogP contribution is 2.32. The van der Waals surface area contributed by atoms with Crippen LogP contribution in [0, 0.1) is 0 Å². The molecule has 1 saturated heterocycles. The quantitative estimate of drug-likeness (QED) is 0.368. The first-order valence-corrected chi connectivity index (χ1v) is 10.1. The highest BCUT2D eigenvalue weighted by Gasteiger charge is 2.20. The average Bonchev–Trinajstić information content (AvgIpc) is 3.36. The predicted molar refractivity (Wildman–Crippen MR) is 101 cm³/mol. The lowest BCUT2D eigenvalue weighted by atomic mass is 10.2. The van der Waals surface area contributed by atoms with Crippen molar-refractivity contribution in [2.24, 2.45) is 0 Å². The molecule has 0 radical (unpaired) electrons. The van der Waals surface area contributed by atoms with Gasteiger partial charge < -0.3 is 9.15 Å². The summed E-state index contributed by atoms with van der Waals surface area (Å²) >= 11 is 3.05. The maximum absolute atomic E-state index is 13.1. The van der Waals surface area contributed by atoms with Crippen molar-refractivity contribution in [3.05, 3.63) is 46.8 Å². The van der Waals surface area contributed by atoms with Gasteiger partial charge in [0.05, 0.1) is 17.8 Å². The maximum Gasteiger partial charge on any atom is 0.263 e. The van der Waals surface area contributed by atoms with Gasteiger partial charge in [-0.1, -0.05) is 17.8 Å². The number of hydrogen-bond donors (Lipinski definition) is 0. The van der Waals surface area contributed by atoms with Crippen LogP contribution in [-0.2, 0) is 11.3 Å². The number of aromatic nitrogens is 2. The van der Waals surface area contributed by atoms with Crippen LogP contribution in [0.3, 0.4) is 0 Å². The molecular formula is C18H18N2O3S2. The van der Waals surface area contributed by atoms with Gasteiger partial charge in [-0.3, -0.25) is 9.36 Å². The van der Waals surface area contributed by atoms with Gasteiger partial charge in [0.1, 0.15) is 10.6 Å². The van der Waals surface area contributed by atoms with Crippen molar-refractivity contribution < 1.29 is 9.15 Å². The number of hydrogen-bond acceptors (Lipinski definition) is 6. The molecule has 0 saturated carbocycles. The number of fused-ring (bicyclic) bond motifs is 1. The number of allylic oxidation sites excluding steroid dienone is 1. The summed E-state index contributed by atoms with van der Waals surface area (Å²) in [5.41, 5.74) is 0.753. The van der Waals surface area contributed by atoms with Crippen LogP contribution < -0.4 is 5.56 Å². The Morgan fingerprint density at radius 3 is 3.16 bits per heavy atom. The summed E-state index contributed by atoms with van der Waals surface area (Å²) in [7, 11) is 0. The standard InChI is InChI=1S/C18H18N2O3S2/c1-2-7-20-17(21)15-13(14-6-4-9-23-14)11-24-16(15)19-18(20)25-10-12-5-3-8-22-12/h2,4,6,9,11-12H,1,3,5,7-8,10H2. The summed E-state index contributed by atoms with van der Waals surface area (Å²) in [6.07, 6.45) is 5.76. The van der Waals surface area contributed by atoms with Crippen molar-refractivity contribution in [2.45, 2.75) is 30.6 Å². The zero-order chi connectivity index (χ0) is 17.2. The van der Waals surface area contributed by atoms with Crippen molar-refractivity contribution in [3.63, 3.8) is 0 Å². The first-order chi connectivity index (χ1) is 12.3. The topological polar surface area (TPSA) is 57.3 Å². The third-order valence-electron chi connectivity index (χ3n) is 4.18. The Kier molecular flexibility index (Phi) is 4.78. The van der Waals surface area contributed by atoms with E-state index in [0.717, 1.165) is 40.8 Å². The Bertz CT molecular complexity index is 937. The molecule has 0 N–H and O–H groups in total. The van der Waals surface area contributed by atoms with Gasteiger partial charge >= 0.3 is 0 Å². The molecule has 4 rings (SSSR count). The molecule has 1 atom stereocenters. The molecule has 1 aliphatic rings. The van der Waals surface area contributed by atoms with Crippen molar-refractivity contribution in [1.82, 2.24) is 9.55 Å². The second-order valence-corrected chi connectivity index (χ2v) is 7.70. The normalized spacial score (nSPS) is 17.4. The Balaban J connectivity index is 1.76. The lowest BCUT2D eigenvalue weighted by molar-refractivity contribution is 0.129. The van der Waals surface area contributed by atoms with E-state index in [1.165, 1.54) is 11.3 Å². The summed E-state index contributed by atoms with van der Waals surface area (Å²) in [5.74, 6) is 1.50. The molecule has 0 spiro atoms. The van der Waals surface area contributed by atoms with E-state index >= 15 is 0 Å². The van der Waals surface area contributed by atoms with Gasteiger partial charge in [-0.15, -0.1) is 17.9 Å². The fourth-order valence-corrected chi connectivity index (χ4v) is 5.00. The molecule has 1 unspecified atom stereocenters. The van der Waals surface area contributed by atoms with Crippen molar-refractivity contribution in [2.75, 3.05) is 12.4 Å². The van der Waals surface area contributed by atoms with E-state index in [9.17, 15) is 4.79 Å². The molecule has 1 fully saturated rings. The smallest absolute Gasteiger partial charge is 0.263 e. The Hall–Kier alpha value is -1.83. The summed E-state index contributed by atoms with van der Waals surface area (Å²) in [4.78, 5) is 18.6. The lowest BCUT2D eigenvalue weighted by Gasteiger charge is -2.12. The van der Waals surface area contributed by atoms with Gasteiger partial charge in [-0.25, -0.2) is 4.98 Å². The summed E-state index contributed by atoms with van der Waals surface area (Å²) in [6.45, 7) is 5.04. The largest absolute Gasteiger partial charge is 0.464 e. The molecule has 0 aromatic carbocycles. The number of furan rings is 1. The van der Waals surface area contributed by atoms with Gasteiger partial charge in [0.2, 0.25) is 0 Å². The summed E-state index contributed by atoms with van der Waals surface area (Å²) < 4.78 is 12.8. The SMILES string of the molecule is C=CCn1c(SCC2CCCO2)nc2scc(-c3ccco3)c2c1=O. The Morgan fingerprint density at radius 1 is 1.52 bits per heavy atom. The van der Waals surface area contributed by atoms with Crippen LogP contribution in [-0.4, -0.2) is 28.0 Å². The molecule has 4 heterocycles. The lowest BCUT2D eigenvalue weighted by Crippen LogP contribution is -2.23. The zero-order valence-corrected chi connectivity index (χ0v) is 15.3. The molecule has 0 amide bonds. The second kappa shape index (κ2) is 7.19. The molecule has 0 aliphatic carbocycles. The van der Waals surface area contributed by atoms with Gasteiger partial charge in [-0.05, 0) is 25.0 Å². The van der Waals surface area contributed by atoms with Crippen LogP contribution in [0.5, 0.6) is 0 Å². The van der Waals surface area contributed by atoms with Gasteiger partial charge in [0, 0.05) is 29.8 Å². The maximum atomic E-state index is 13.1. The van der Waals surface area contributed by atoms with Crippen LogP contribution in [0.1, 0.15) is 12.8 Å².